The van der Waals surface area contributed by atoms with Crippen LogP contribution in [0.25, 0.3) is 10.8 Å². The van der Waals surface area contributed by atoms with Gasteiger partial charge in [0.15, 0.2) is 0 Å². The van der Waals surface area contributed by atoms with E-state index in [0.29, 0.717) is 18.7 Å². The van der Waals surface area contributed by atoms with Crippen LogP contribution in [0.15, 0.2) is 60.7 Å². The predicted molar refractivity (Wildman–Crippen MR) is 118 cm³/mol. The maximum Gasteiger partial charge on any atom is 0.315 e. The first kappa shape index (κ1) is 21.6. The molecule has 3 aromatic rings. The van der Waals surface area contributed by atoms with E-state index in [1.807, 2.05) is 36.4 Å². The largest absolute Gasteiger partial charge is 0.497 e. The van der Waals surface area contributed by atoms with E-state index >= 15 is 0 Å². The summed E-state index contributed by atoms with van der Waals surface area (Å²) in [6.07, 6.45) is 0. The molecule has 158 valence electrons. The van der Waals surface area contributed by atoms with Crippen molar-refractivity contribution in [2.45, 2.75) is 18.8 Å². The maximum absolute atomic E-state index is 12.1. The normalized spacial score (nSPS) is 11.3. The lowest BCUT2D eigenvalue weighted by atomic mass is 10.1. The lowest BCUT2D eigenvalue weighted by molar-refractivity contribution is 0.240. The van der Waals surface area contributed by atoms with E-state index in [1.165, 1.54) is 7.05 Å². The van der Waals surface area contributed by atoms with E-state index in [9.17, 15) is 13.2 Å². The van der Waals surface area contributed by atoms with Crippen LogP contribution >= 0.6 is 0 Å². The molecule has 0 atom stereocenters. The standard InChI is InChI=1S/C22H25N3O4S/c1-23-30(27,28)15-17-5-3-16(4-6-17)13-24-22(26)25-14-18-7-8-20-12-21(29-2)10-9-19(20)11-18/h3-12,23H,13-15H2,1-2H3,(H2,24,25,26). The molecule has 0 aliphatic rings. The van der Waals surface area contributed by atoms with Crippen molar-refractivity contribution in [2.75, 3.05) is 14.2 Å². The SMILES string of the molecule is CNS(=O)(=O)Cc1ccc(CNC(=O)NCc2ccc3cc(OC)ccc3c2)cc1. The van der Waals surface area contributed by atoms with Gasteiger partial charge in [-0.25, -0.2) is 17.9 Å². The second-order valence-electron chi connectivity index (χ2n) is 6.86. The summed E-state index contributed by atoms with van der Waals surface area (Å²) in [5.74, 6) is 0.736. The highest BCUT2D eigenvalue weighted by molar-refractivity contribution is 7.88. The Hall–Kier alpha value is -3.10. The van der Waals surface area contributed by atoms with Gasteiger partial charge in [0.1, 0.15) is 5.75 Å². The molecule has 0 bridgehead atoms. The first-order valence-corrected chi connectivity index (χ1v) is 11.1. The number of carbonyl (C=O) groups excluding carboxylic acids is 1. The average Bonchev–Trinajstić information content (AvgIpc) is 2.76. The second-order valence-corrected chi connectivity index (χ2v) is 8.79. The summed E-state index contributed by atoms with van der Waals surface area (Å²) >= 11 is 0. The molecule has 0 heterocycles. The van der Waals surface area contributed by atoms with Crippen LogP contribution in [0.2, 0.25) is 0 Å². The van der Waals surface area contributed by atoms with E-state index in [2.05, 4.69) is 15.4 Å². The van der Waals surface area contributed by atoms with E-state index < -0.39 is 10.0 Å². The van der Waals surface area contributed by atoms with E-state index in [4.69, 9.17) is 4.74 Å². The van der Waals surface area contributed by atoms with Crippen molar-refractivity contribution in [3.63, 3.8) is 0 Å². The van der Waals surface area contributed by atoms with Gasteiger partial charge in [0, 0.05) is 13.1 Å². The van der Waals surface area contributed by atoms with Crippen LogP contribution in [-0.4, -0.2) is 28.6 Å². The molecule has 3 N–H and O–H groups in total. The molecule has 30 heavy (non-hydrogen) atoms. The third-order valence-corrected chi connectivity index (χ3v) is 6.04. The summed E-state index contributed by atoms with van der Waals surface area (Å²) in [5.41, 5.74) is 2.57. The second kappa shape index (κ2) is 9.60. The number of hydrogen-bond acceptors (Lipinski definition) is 4. The number of amides is 2. The van der Waals surface area contributed by atoms with Crippen LogP contribution in [0.5, 0.6) is 5.75 Å². The van der Waals surface area contributed by atoms with Crippen molar-refractivity contribution in [3.05, 3.63) is 77.4 Å². The van der Waals surface area contributed by atoms with Crippen molar-refractivity contribution in [1.29, 1.82) is 0 Å². The van der Waals surface area contributed by atoms with Gasteiger partial charge in [0.2, 0.25) is 10.0 Å². The van der Waals surface area contributed by atoms with E-state index in [0.717, 1.165) is 27.6 Å². The van der Waals surface area contributed by atoms with Crippen molar-refractivity contribution in [3.8, 4) is 5.75 Å². The van der Waals surface area contributed by atoms with Crippen LogP contribution in [0.4, 0.5) is 4.79 Å². The molecule has 0 spiro atoms. The molecule has 3 aromatic carbocycles. The monoisotopic (exact) mass is 427 g/mol. The molecule has 3 rings (SSSR count). The van der Waals surface area contributed by atoms with E-state index in [-0.39, 0.29) is 11.8 Å². The number of fused-ring (bicyclic) bond motifs is 1. The highest BCUT2D eigenvalue weighted by Gasteiger charge is 2.08. The van der Waals surface area contributed by atoms with E-state index in [1.54, 1.807) is 31.4 Å². The number of benzene rings is 3. The molecule has 0 fully saturated rings. The molecule has 2 amide bonds. The molecular formula is C22H25N3O4S. The third kappa shape index (κ3) is 5.95. The molecule has 8 heteroatoms. The number of hydrogen-bond donors (Lipinski definition) is 3. The highest BCUT2D eigenvalue weighted by Crippen LogP contribution is 2.21. The minimum Gasteiger partial charge on any atom is -0.497 e. The van der Waals surface area contributed by atoms with Crippen molar-refractivity contribution < 1.29 is 17.9 Å². The number of methoxy groups -OCH3 is 1. The lowest BCUT2D eigenvalue weighted by Crippen LogP contribution is -2.34. The lowest BCUT2D eigenvalue weighted by Gasteiger charge is -2.10. The fourth-order valence-electron chi connectivity index (χ4n) is 2.98. The Balaban J connectivity index is 1.49. The van der Waals surface area contributed by atoms with Gasteiger partial charge >= 0.3 is 6.03 Å². The van der Waals surface area contributed by atoms with Gasteiger partial charge in [-0.05, 0) is 52.7 Å². The molecule has 0 aliphatic heterocycles. The fourth-order valence-corrected chi connectivity index (χ4v) is 3.76. The van der Waals surface area contributed by atoms with Gasteiger partial charge in [-0.2, -0.15) is 0 Å². The Morgan fingerprint density at radius 1 is 0.833 bits per heavy atom. The Morgan fingerprint density at radius 3 is 2.07 bits per heavy atom. The number of urea groups is 1. The minimum atomic E-state index is -3.30. The zero-order valence-electron chi connectivity index (χ0n) is 16.9. The Bertz CT molecular complexity index is 1130. The summed E-state index contributed by atoms with van der Waals surface area (Å²) in [4.78, 5) is 12.1. The number of carbonyl (C=O) groups is 1. The summed E-state index contributed by atoms with van der Waals surface area (Å²) in [7, 11) is -0.268. The predicted octanol–water partition coefficient (Wildman–Crippen LogP) is 2.90. The van der Waals surface area contributed by atoms with Gasteiger partial charge in [-0.15, -0.1) is 0 Å². The molecular weight excluding hydrogens is 402 g/mol. The molecule has 0 unspecified atom stereocenters. The fraction of sp³-hybridized carbons (Fsp3) is 0.227. The van der Waals surface area contributed by atoms with Crippen molar-refractivity contribution in [2.24, 2.45) is 0 Å². The smallest absolute Gasteiger partial charge is 0.315 e. The minimum absolute atomic E-state index is 0.0732. The Kier molecular flexibility index (Phi) is 6.91. The summed E-state index contributed by atoms with van der Waals surface area (Å²) in [5, 5.41) is 7.80. The van der Waals surface area contributed by atoms with Gasteiger partial charge in [0.05, 0.1) is 12.9 Å². The summed E-state index contributed by atoms with van der Waals surface area (Å²) in [6.45, 7) is 0.761. The summed E-state index contributed by atoms with van der Waals surface area (Å²) < 4.78 is 30.7. The van der Waals surface area contributed by atoms with Crippen LogP contribution in [0, 0.1) is 0 Å². The van der Waals surface area contributed by atoms with Crippen LogP contribution < -0.4 is 20.1 Å². The van der Waals surface area contributed by atoms with Crippen LogP contribution in [0.3, 0.4) is 0 Å². The first-order chi connectivity index (χ1) is 14.4. The number of ether oxygens (including phenoxy) is 1. The van der Waals surface area contributed by atoms with Crippen molar-refractivity contribution in [1.82, 2.24) is 15.4 Å². The van der Waals surface area contributed by atoms with Crippen molar-refractivity contribution >= 4 is 26.8 Å². The topological polar surface area (TPSA) is 96.5 Å². The Labute approximate surface area is 176 Å². The van der Waals surface area contributed by atoms with Crippen LogP contribution in [-0.2, 0) is 28.9 Å². The molecule has 0 aliphatic carbocycles. The average molecular weight is 428 g/mol. The molecule has 7 nitrogen and oxygen atoms in total. The van der Waals surface area contributed by atoms with Crippen LogP contribution in [0.1, 0.15) is 16.7 Å². The van der Waals surface area contributed by atoms with Gasteiger partial charge in [-0.3, -0.25) is 0 Å². The molecule has 0 saturated carbocycles. The first-order valence-electron chi connectivity index (χ1n) is 9.46. The quantitative estimate of drug-likeness (QED) is 0.515. The van der Waals surface area contributed by atoms with Gasteiger partial charge in [-0.1, -0.05) is 42.5 Å². The number of sulfonamides is 1. The molecule has 0 saturated heterocycles. The third-order valence-electron chi connectivity index (χ3n) is 4.71. The number of nitrogens with one attached hydrogen (secondary N) is 3. The van der Waals surface area contributed by atoms with Gasteiger partial charge < -0.3 is 15.4 Å². The Morgan fingerprint density at radius 2 is 1.40 bits per heavy atom. The maximum atomic E-state index is 12.1. The highest BCUT2D eigenvalue weighted by atomic mass is 32.2. The molecule has 0 aromatic heterocycles. The zero-order chi connectivity index (χ0) is 21.6. The molecule has 0 radical (unpaired) electrons. The van der Waals surface area contributed by atoms with Gasteiger partial charge in [0.25, 0.3) is 0 Å². The zero-order valence-corrected chi connectivity index (χ0v) is 17.8. The summed E-state index contributed by atoms with van der Waals surface area (Å²) in [6, 6.07) is 18.7. The number of rotatable bonds is 8.